The van der Waals surface area contributed by atoms with E-state index in [0.717, 1.165) is 62.6 Å². The van der Waals surface area contributed by atoms with Crippen molar-refractivity contribution in [3.63, 3.8) is 0 Å². The largest absolute Gasteiger partial charge is 0.497 e. The second kappa shape index (κ2) is 10.0. The van der Waals surface area contributed by atoms with Crippen LogP contribution in [-0.2, 0) is 25.0 Å². The molecular formula is C27H29N3O6. The van der Waals surface area contributed by atoms with E-state index in [1.54, 1.807) is 31.4 Å². The highest BCUT2D eigenvalue weighted by Gasteiger charge is 2.57. The molecule has 2 aromatic rings. The van der Waals surface area contributed by atoms with Crippen molar-refractivity contribution in [1.82, 2.24) is 9.80 Å². The number of benzene rings is 2. The van der Waals surface area contributed by atoms with Crippen molar-refractivity contribution in [1.29, 1.82) is 0 Å². The van der Waals surface area contributed by atoms with Crippen molar-refractivity contribution < 1.29 is 28.6 Å². The molecule has 0 unspecified atom stereocenters. The van der Waals surface area contributed by atoms with Gasteiger partial charge in [-0.3, -0.25) is 9.69 Å². The number of piperidine rings is 1. The number of amides is 1. The van der Waals surface area contributed by atoms with Gasteiger partial charge in [-0.2, -0.15) is 0 Å². The Morgan fingerprint density at radius 1 is 1.00 bits per heavy atom. The van der Waals surface area contributed by atoms with Crippen LogP contribution in [0.3, 0.4) is 0 Å². The van der Waals surface area contributed by atoms with Gasteiger partial charge in [-0.25, -0.2) is 9.59 Å². The molecule has 9 nitrogen and oxygen atoms in total. The first-order chi connectivity index (χ1) is 17.5. The second-order valence-corrected chi connectivity index (χ2v) is 9.16. The zero-order valence-corrected chi connectivity index (χ0v) is 20.1. The number of ether oxygens (including phenoxy) is 3. The van der Waals surface area contributed by atoms with Gasteiger partial charge in [-0.05, 0) is 56.1 Å². The molecule has 188 valence electrons. The van der Waals surface area contributed by atoms with E-state index in [2.05, 4.69) is 10.2 Å². The molecule has 1 spiro atoms. The lowest BCUT2D eigenvalue weighted by Gasteiger charge is -2.39. The van der Waals surface area contributed by atoms with Crippen molar-refractivity contribution in [3.8, 4) is 5.75 Å². The number of esters is 2. The summed E-state index contributed by atoms with van der Waals surface area (Å²) in [5, 5.41) is 3.43. The summed E-state index contributed by atoms with van der Waals surface area (Å²) in [6, 6.07) is 14.6. The van der Waals surface area contributed by atoms with Gasteiger partial charge < -0.3 is 24.4 Å². The zero-order chi connectivity index (χ0) is 25.1. The fourth-order valence-corrected chi connectivity index (χ4v) is 5.03. The SMILES string of the molecule is COc1cccc(NCCN2CCC(CN3C(=O)c4ccccc4C34OC(=O)C=CC(=O)O4)CC2)c1. The number of nitrogens with one attached hydrogen (secondary N) is 1. The van der Waals surface area contributed by atoms with E-state index >= 15 is 0 Å². The lowest BCUT2D eigenvalue weighted by Crippen LogP contribution is -2.52. The van der Waals surface area contributed by atoms with Crippen LogP contribution in [0.15, 0.2) is 60.7 Å². The molecule has 0 bridgehead atoms. The molecule has 0 radical (unpaired) electrons. The van der Waals surface area contributed by atoms with Gasteiger partial charge in [0.15, 0.2) is 0 Å². The fourth-order valence-electron chi connectivity index (χ4n) is 5.03. The Balaban J connectivity index is 1.21. The first kappa shape index (κ1) is 23.9. The number of methoxy groups -OCH3 is 1. The van der Waals surface area contributed by atoms with E-state index in [9.17, 15) is 14.4 Å². The van der Waals surface area contributed by atoms with Gasteiger partial charge in [-0.1, -0.05) is 18.2 Å². The normalized spacial score (nSPS) is 19.6. The molecule has 3 aliphatic rings. The number of likely N-dealkylation sites (tertiary alicyclic amines) is 1. The molecule has 0 aliphatic carbocycles. The standard InChI is InChI=1S/C27H29N3O6/c1-34-21-6-4-5-20(17-21)28-13-16-29-14-11-19(12-15-29)18-30-26(33)22-7-2-3-8-23(22)27(30)35-24(31)9-10-25(32)36-27/h2-10,17,19,28H,11-16,18H2,1H3. The van der Waals surface area contributed by atoms with Gasteiger partial charge in [0.1, 0.15) is 5.75 Å². The Morgan fingerprint density at radius 2 is 1.72 bits per heavy atom. The number of rotatable bonds is 7. The van der Waals surface area contributed by atoms with E-state index in [0.29, 0.717) is 17.7 Å². The predicted octanol–water partition coefficient (Wildman–Crippen LogP) is 2.74. The second-order valence-electron chi connectivity index (χ2n) is 9.16. The summed E-state index contributed by atoms with van der Waals surface area (Å²) >= 11 is 0. The zero-order valence-electron chi connectivity index (χ0n) is 20.1. The van der Waals surface area contributed by atoms with E-state index < -0.39 is 17.8 Å². The molecule has 36 heavy (non-hydrogen) atoms. The molecule has 1 amide bonds. The van der Waals surface area contributed by atoms with E-state index in [-0.39, 0.29) is 11.8 Å². The molecule has 0 atom stereocenters. The van der Waals surface area contributed by atoms with Crippen LogP contribution in [0.2, 0.25) is 0 Å². The molecule has 2 aromatic carbocycles. The highest BCUT2D eigenvalue weighted by atomic mass is 16.8. The molecule has 1 fully saturated rings. The summed E-state index contributed by atoms with van der Waals surface area (Å²) in [6.07, 6.45) is 3.79. The van der Waals surface area contributed by atoms with Crippen LogP contribution >= 0.6 is 0 Å². The number of carbonyl (C=O) groups is 3. The molecule has 3 heterocycles. The molecule has 0 saturated carbocycles. The maximum Gasteiger partial charge on any atom is 0.375 e. The fraction of sp³-hybridized carbons (Fsp3) is 0.370. The van der Waals surface area contributed by atoms with Gasteiger partial charge in [0, 0.05) is 43.5 Å². The van der Waals surface area contributed by atoms with Crippen LogP contribution in [0.25, 0.3) is 0 Å². The molecule has 1 saturated heterocycles. The number of hydrogen-bond acceptors (Lipinski definition) is 8. The Hall–Kier alpha value is -3.85. The van der Waals surface area contributed by atoms with Crippen molar-refractivity contribution in [3.05, 3.63) is 71.8 Å². The summed E-state index contributed by atoms with van der Waals surface area (Å²) in [5.74, 6) is -2.64. The van der Waals surface area contributed by atoms with Crippen molar-refractivity contribution in [2.75, 3.05) is 45.2 Å². The van der Waals surface area contributed by atoms with E-state index in [4.69, 9.17) is 14.2 Å². The molecule has 5 rings (SSSR count). The minimum Gasteiger partial charge on any atom is -0.497 e. The Morgan fingerprint density at radius 3 is 2.44 bits per heavy atom. The maximum absolute atomic E-state index is 13.4. The van der Waals surface area contributed by atoms with Gasteiger partial charge in [0.25, 0.3) is 5.91 Å². The first-order valence-electron chi connectivity index (χ1n) is 12.1. The number of fused-ring (bicyclic) bond motifs is 2. The molecule has 3 aliphatic heterocycles. The summed E-state index contributed by atoms with van der Waals surface area (Å²) in [7, 11) is 1.65. The van der Waals surface area contributed by atoms with Crippen LogP contribution in [0.5, 0.6) is 5.75 Å². The average Bonchev–Trinajstić information content (AvgIpc) is 3.00. The van der Waals surface area contributed by atoms with Gasteiger partial charge >= 0.3 is 17.8 Å². The van der Waals surface area contributed by atoms with Crippen LogP contribution < -0.4 is 10.1 Å². The topological polar surface area (TPSA) is 97.4 Å². The summed E-state index contributed by atoms with van der Waals surface area (Å²) in [5.41, 5.74) is 1.77. The minimum atomic E-state index is -1.87. The smallest absolute Gasteiger partial charge is 0.375 e. The third-order valence-electron chi connectivity index (χ3n) is 6.91. The maximum atomic E-state index is 13.4. The van der Waals surface area contributed by atoms with Gasteiger partial charge in [-0.15, -0.1) is 0 Å². The van der Waals surface area contributed by atoms with Gasteiger partial charge in [0.2, 0.25) is 0 Å². The summed E-state index contributed by atoms with van der Waals surface area (Å²) in [6.45, 7) is 3.79. The molecule has 9 heteroatoms. The number of nitrogens with zero attached hydrogens (tertiary/aromatic N) is 2. The highest BCUT2D eigenvalue weighted by Crippen LogP contribution is 2.43. The molecule has 1 N–H and O–H groups in total. The van der Waals surface area contributed by atoms with Crippen LogP contribution in [0, 0.1) is 5.92 Å². The van der Waals surface area contributed by atoms with E-state index in [1.165, 1.54) is 4.90 Å². The lowest BCUT2D eigenvalue weighted by atomic mass is 9.96. The number of carbonyl (C=O) groups excluding carboxylic acids is 3. The van der Waals surface area contributed by atoms with Crippen LogP contribution in [0.1, 0.15) is 28.8 Å². The lowest BCUT2D eigenvalue weighted by molar-refractivity contribution is -0.275. The Labute approximate surface area is 209 Å². The van der Waals surface area contributed by atoms with Gasteiger partial charge in [0.05, 0.1) is 18.2 Å². The quantitative estimate of drug-likeness (QED) is 0.591. The van der Waals surface area contributed by atoms with E-state index in [1.807, 2.05) is 24.3 Å². The average molecular weight is 492 g/mol. The van der Waals surface area contributed by atoms with Crippen LogP contribution in [-0.4, -0.2) is 67.5 Å². The minimum absolute atomic E-state index is 0.177. The van der Waals surface area contributed by atoms with Crippen molar-refractivity contribution >= 4 is 23.5 Å². The predicted molar refractivity (Wildman–Crippen MR) is 131 cm³/mol. The monoisotopic (exact) mass is 491 g/mol. The molecule has 0 aromatic heterocycles. The van der Waals surface area contributed by atoms with Crippen molar-refractivity contribution in [2.24, 2.45) is 5.92 Å². The van der Waals surface area contributed by atoms with Crippen LogP contribution in [0.4, 0.5) is 5.69 Å². The third kappa shape index (κ3) is 4.66. The Kier molecular flexibility index (Phi) is 6.65. The third-order valence-corrected chi connectivity index (χ3v) is 6.91. The summed E-state index contributed by atoms with van der Waals surface area (Å²) < 4.78 is 16.5. The van der Waals surface area contributed by atoms with Crippen molar-refractivity contribution in [2.45, 2.75) is 18.8 Å². The highest BCUT2D eigenvalue weighted by molar-refractivity contribution is 6.01. The number of anilines is 1. The first-order valence-corrected chi connectivity index (χ1v) is 12.1. The molecular weight excluding hydrogens is 462 g/mol. The summed E-state index contributed by atoms with van der Waals surface area (Å²) in [4.78, 5) is 41.8. The number of hydrogen-bond donors (Lipinski definition) is 1. The Bertz CT molecular complexity index is 1170.